The molecule has 0 unspecified atom stereocenters. The number of hydrogen-bond donors (Lipinski definition) is 2. The minimum Gasteiger partial charge on any atom is -0.349 e. The highest BCUT2D eigenvalue weighted by molar-refractivity contribution is 5.62. The van der Waals surface area contributed by atoms with Crippen molar-refractivity contribution < 1.29 is 0 Å². The highest BCUT2D eigenvalue weighted by Gasteiger charge is 2.33. The van der Waals surface area contributed by atoms with Crippen LogP contribution in [0, 0.1) is 6.92 Å². The first-order chi connectivity index (χ1) is 15.9. The van der Waals surface area contributed by atoms with E-state index >= 15 is 0 Å². The number of likely N-dealkylation sites (N-methyl/N-ethyl adjacent to an activating group) is 1. The Hall–Kier alpha value is -2.83. The number of benzene rings is 2. The Morgan fingerprint density at radius 2 is 1.64 bits per heavy atom. The zero-order valence-electron chi connectivity index (χ0n) is 20.4. The van der Waals surface area contributed by atoms with Crippen molar-refractivity contribution in [3.8, 4) is 5.69 Å². The fraction of sp³-hybridized carbons (Fsp3) is 0.444. The average Bonchev–Trinajstić information content (AvgIpc) is 3.04. The molecule has 0 bridgehead atoms. The Kier molecular flexibility index (Phi) is 7.05. The summed E-state index contributed by atoms with van der Waals surface area (Å²) in [6.45, 7) is 3.83. The molecule has 2 N–H and O–H groups in total. The van der Waals surface area contributed by atoms with E-state index in [1.807, 2.05) is 49.0 Å². The lowest BCUT2D eigenvalue weighted by molar-refractivity contribution is 0.0984. The van der Waals surface area contributed by atoms with Crippen molar-refractivity contribution in [2.24, 2.45) is 7.05 Å². The maximum atomic E-state index is 13.1. The molecule has 0 aliphatic heterocycles. The molecule has 0 radical (unpaired) electrons. The number of anilines is 2. The van der Waals surface area contributed by atoms with Gasteiger partial charge in [-0.25, -0.2) is 4.68 Å². The number of nitrogens with zero attached hydrogens (tertiary/aromatic N) is 3. The van der Waals surface area contributed by atoms with Gasteiger partial charge in [-0.15, -0.1) is 0 Å². The summed E-state index contributed by atoms with van der Waals surface area (Å²) in [5, 5.41) is 7.04. The Morgan fingerprint density at radius 3 is 2.27 bits per heavy atom. The van der Waals surface area contributed by atoms with Crippen LogP contribution in [0.1, 0.15) is 43.4 Å². The maximum absolute atomic E-state index is 13.1. The predicted octanol–water partition coefficient (Wildman–Crippen LogP) is 4.58. The highest BCUT2D eigenvalue weighted by Crippen LogP contribution is 2.31. The predicted molar refractivity (Wildman–Crippen MR) is 137 cm³/mol. The summed E-state index contributed by atoms with van der Waals surface area (Å²) in [7, 11) is 6.34. The molecular weight excluding hydrogens is 410 g/mol. The summed E-state index contributed by atoms with van der Waals surface area (Å²) >= 11 is 0. The van der Waals surface area contributed by atoms with Crippen molar-refractivity contribution >= 4 is 11.4 Å². The zero-order valence-corrected chi connectivity index (χ0v) is 20.4. The summed E-state index contributed by atoms with van der Waals surface area (Å²) in [4.78, 5) is 15.5. The number of hydrogen-bond acceptors (Lipinski definition) is 4. The number of nitrogens with one attached hydrogen (secondary N) is 2. The van der Waals surface area contributed by atoms with Crippen LogP contribution in [0.3, 0.4) is 0 Å². The topological polar surface area (TPSA) is 54.2 Å². The van der Waals surface area contributed by atoms with Crippen molar-refractivity contribution in [2.75, 3.05) is 26.0 Å². The molecule has 1 saturated carbocycles. The van der Waals surface area contributed by atoms with Gasteiger partial charge in [0.15, 0.2) is 0 Å². The lowest BCUT2D eigenvalue weighted by Crippen LogP contribution is -2.52. The Labute approximate surface area is 197 Å². The standard InChI is InChI=1S/C27H37N5O/c1-21-25(26(33)32(31(21)4)24-11-7-5-8-12-24)29-23-15-13-22(14-16-23)19-28-20-27(30(2)3)17-9-6-10-18-27/h5,7-8,11-16,28-29H,6,9-10,17-20H2,1-4H3. The molecule has 1 aromatic heterocycles. The van der Waals surface area contributed by atoms with Gasteiger partial charge in [-0.2, -0.15) is 0 Å². The first-order valence-electron chi connectivity index (χ1n) is 12.0. The monoisotopic (exact) mass is 447 g/mol. The Balaban J connectivity index is 1.42. The molecule has 4 rings (SSSR count). The molecule has 1 heterocycles. The largest absolute Gasteiger partial charge is 0.349 e. The highest BCUT2D eigenvalue weighted by atomic mass is 16.1. The second-order valence-corrected chi connectivity index (χ2v) is 9.54. The Morgan fingerprint density at radius 1 is 0.970 bits per heavy atom. The van der Waals surface area contributed by atoms with Crippen molar-refractivity contribution in [3.05, 3.63) is 76.2 Å². The van der Waals surface area contributed by atoms with Gasteiger partial charge in [0.2, 0.25) is 0 Å². The van der Waals surface area contributed by atoms with E-state index < -0.39 is 0 Å². The van der Waals surface area contributed by atoms with E-state index in [9.17, 15) is 4.79 Å². The average molecular weight is 448 g/mol. The number of aromatic nitrogens is 2. The van der Waals surface area contributed by atoms with Crippen molar-refractivity contribution in [1.29, 1.82) is 0 Å². The van der Waals surface area contributed by atoms with E-state index in [0.717, 1.165) is 30.2 Å². The molecule has 0 saturated heterocycles. The van der Waals surface area contributed by atoms with Crippen LogP contribution < -0.4 is 16.2 Å². The van der Waals surface area contributed by atoms with E-state index in [-0.39, 0.29) is 11.1 Å². The SMILES string of the molecule is Cc1c(Nc2ccc(CNCC3(N(C)C)CCCCC3)cc2)c(=O)n(-c2ccccc2)n1C. The van der Waals surface area contributed by atoms with Gasteiger partial charge >= 0.3 is 0 Å². The molecule has 0 spiro atoms. The molecule has 33 heavy (non-hydrogen) atoms. The van der Waals surface area contributed by atoms with Gasteiger partial charge in [0.1, 0.15) is 5.69 Å². The molecule has 6 nitrogen and oxygen atoms in total. The van der Waals surface area contributed by atoms with Gasteiger partial charge in [-0.3, -0.25) is 9.48 Å². The van der Waals surface area contributed by atoms with Crippen LogP contribution in [0.15, 0.2) is 59.4 Å². The molecule has 1 fully saturated rings. The van der Waals surface area contributed by atoms with Crippen LogP contribution in [-0.2, 0) is 13.6 Å². The molecule has 0 atom stereocenters. The first-order valence-corrected chi connectivity index (χ1v) is 12.0. The molecule has 3 aromatic rings. The van der Waals surface area contributed by atoms with Crippen molar-refractivity contribution in [2.45, 2.75) is 51.1 Å². The summed E-state index contributed by atoms with van der Waals surface area (Å²) in [6.07, 6.45) is 6.55. The van der Waals surface area contributed by atoms with Gasteiger partial charge in [0.25, 0.3) is 5.56 Å². The van der Waals surface area contributed by atoms with E-state index in [2.05, 4.69) is 53.9 Å². The molecule has 176 valence electrons. The first kappa shape index (κ1) is 23.3. The molecule has 6 heteroatoms. The Bertz CT molecular complexity index is 1110. The van der Waals surface area contributed by atoms with Crippen LogP contribution in [-0.4, -0.2) is 40.4 Å². The van der Waals surface area contributed by atoms with Crippen LogP contribution in [0.4, 0.5) is 11.4 Å². The quantitative estimate of drug-likeness (QED) is 0.531. The maximum Gasteiger partial charge on any atom is 0.295 e. The van der Waals surface area contributed by atoms with E-state index in [0.29, 0.717) is 5.69 Å². The number of rotatable bonds is 8. The minimum absolute atomic E-state index is 0.0478. The van der Waals surface area contributed by atoms with Crippen molar-refractivity contribution in [1.82, 2.24) is 19.6 Å². The van der Waals surface area contributed by atoms with Gasteiger partial charge in [0.05, 0.1) is 11.4 Å². The number of para-hydroxylation sites is 1. The molecule has 2 aromatic carbocycles. The fourth-order valence-electron chi connectivity index (χ4n) is 4.99. The van der Waals surface area contributed by atoms with Crippen LogP contribution in [0.25, 0.3) is 5.69 Å². The van der Waals surface area contributed by atoms with Crippen LogP contribution in [0.2, 0.25) is 0 Å². The van der Waals surface area contributed by atoms with E-state index in [1.54, 1.807) is 4.68 Å². The van der Waals surface area contributed by atoms with Gasteiger partial charge in [-0.05, 0) is 63.7 Å². The smallest absolute Gasteiger partial charge is 0.295 e. The van der Waals surface area contributed by atoms with Crippen LogP contribution >= 0.6 is 0 Å². The molecule has 1 aliphatic rings. The summed E-state index contributed by atoms with van der Waals surface area (Å²) in [5.41, 5.74) is 4.76. The fourth-order valence-corrected chi connectivity index (χ4v) is 4.99. The lowest BCUT2D eigenvalue weighted by Gasteiger charge is -2.43. The van der Waals surface area contributed by atoms with E-state index in [4.69, 9.17) is 0 Å². The molecular formula is C27H37N5O. The minimum atomic E-state index is -0.0478. The summed E-state index contributed by atoms with van der Waals surface area (Å²) in [6, 6.07) is 18.1. The summed E-state index contributed by atoms with van der Waals surface area (Å²) < 4.78 is 3.59. The second-order valence-electron chi connectivity index (χ2n) is 9.54. The van der Waals surface area contributed by atoms with E-state index in [1.165, 1.54) is 37.7 Å². The second kappa shape index (κ2) is 9.98. The van der Waals surface area contributed by atoms with Gasteiger partial charge in [0, 0.05) is 31.4 Å². The van der Waals surface area contributed by atoms with Gasteiger partial charge < -0.3 is 15.5 Å². The summed E-state index contributed by atoms with van der Waals surface area (Å²) in [5.74, 6) is 0. The van der Waals surface area contributed by atoms with Crippen molar-refractivity contribution in [3.63, 3.8) is 0 Å². The van der Waals surface area contributed by atoms with Gasteiger partial charge in [-0.1, -0.05) is 49.6 Å². The third kappa shape index (κ3) is 4.92. The van der Waals surface area contributed by atoms with Crippen LogP contribution in [0.5, 0.6) is 0 Å². The zero-order chi connectivity index (χ0) is 23.4. The third-order valence-corrected chi connectivity index (χ3v) is 7.29. The normalized spacial score (nSPS) is 15.7. The molecule has 0 amide bonds. The molecule has 1 aliphatic carbocycles. The third-order valence-electron chi connectivity index (χ3n) is 7.29. The lowest BCUT2D eigenvalue weighted by atomic mass is 9.80.